The average molecular weight is 473 g/mol. The molecular weight excluding hydrogens is 440 g/mol. The molecule has 8 nitrogen and oxygen atoms in total. The Hall–Kier alpha value is -3.55. The lowest BCUT2D eigenvalue weighted by Gasteiger charge is -2.26. The zero-order valence-electron chi connectivity index (χ0n) is 20.6. The number of amides is 1. The van der Waals surface area contributed by atoms with Crippen molar-refractivity contribution < 1.29 is 4.79 Å². The van der Waals surface area contributed by atoms with Crippen molar-refractivity contribution in [3.05, 3.63) is 64.3 Å². The third-order valence-corrected chi connectivity index (χ3v) is 6.66. The summed E-state index contributed by atoms with van der Waals surface area (Å²) in [5.41, 5.74) is 3.80. The van der Waals surface area contributed by atoms with Crippen LogP contribution in [-0.4, -0.2) is 43.4 Å². The minimum absolute atomic E-state index is 0.0572. The summed E-state index contributed by atoms with van der Waals surface area (Å²) >= 11 is 0. The van der Waals surface area contributed by atoms with Gasteiger partial charge >= 0.3 is 0 Å². The number of carbonyl (C=O) groups is 1. The number of hydrogen-bond donors (Lipinski definition) is 1. The molecule has 0 saturated heterocycles. The third-order valence-electron chi connectivity index (χ3n) is 6.66. The van der Waals surface area contributed by atoms with Crippen LogP contribution in [0.5, 0.6) is 0 Å². The minimum atomic E-state index is -0.109. The van der Waals surface area contributed by atoms with E-state index >= 15 is 0 Å². The summed E-state index contributed by atoms with van der Waals surface area (Å²) in [4.78, 5) is 40.4. The summed E-state index contributed by atoms with van der Waals surface area (Å²) in [5, 5.41) is 4.16. The van der Waals surface area contributed by atoms with Crippen molar-refractivity contribution in [1.82, 2.24) is 24.4 Å². The molecule has 4 heterocycles. The Morgan fingerprint density at radius 3 is 2.60 bits per heavy atom. The highest BCUT2D eigenvalue weighted by molar-refractivity contribution is 5.82. The number of anilines is 1. The van der Waals surface area contributed by atoms with Crippen molar-refractivity contribution in [1.29, 1.82) is 0 Å². The Labute approximate surface area is 205 Å². The van der Waals surface area contributed by atoms with E-state index in [2.05, 4.69) is 46.3 Å². The third kappa shape index (κ3) is 5.11. The van der Waals surface area contributed by atoms with Crippen molar-refractivity contribution in [3.63, 3.8) is 0 Å². The van der Waals surface area contributed by atoms with Crippen molar-refractivity contribution >= 4 is 28.5 Å². The predicted octanol–water partition coefficient (Wildman–Crippen LogP) is 4.04. The number of aromatic nitrogens is 4. The molecule has 3 aromatic heterocycles. The first kappa shape index (κ1) is 23.2. The Kier molecular flexibility index (Phi) is 6.36. The molecule has 0 bridgehead atoms. The van der Waals surface area contributed by atoms with E-state index in [-0.39, 0.29) is 17.5 Å². The Bertz CT molecular complexity index is 1320. The lowest BCUT2D eigenvalue weighted by molar-refractivity contribution is -0.132. The minimum Gasteiger partial charge on any atom is -0.346 e. The maximum atomic E-state index is 12.4. The largest absolute Gasteiger partial charge is 0.346 e. The SMILES string of the molecule is CC(C)Cn1c(=O)ccc2cnc(N[C@@H](C)c3ccc(C4=CCN(C(=O)C5CC5)CC4)cn3)nc21. The summed E-state index contributed by atoms with van der Waals surface area (Å²) in [5.74, 6) is 1.38. The molecule has 35 heavy (non-hydrogen) atoms. The smallest absolute Gasteiger partial charge is 0.252 e. The van der Waals surface area contributed by atoms with Crippen LogP contribution in [0.1, 0.15) is 57.3 Å². The first-order valence-electron chi connectivity index (χ1n) is 12.5. The van der Waals surface area contributed by atoms with Crippen LogP contribution in [0.4, 0.5) is 5.95 Å². The van der Waals surface area contributed by atoms with Gasteiger partial charge in [0.15, 0.2) is 0 Å². The zero-order chi connectivity index (χ0) is 24.5. The maximum Gasteiger partial charge on any atom is 0.252 e. The van der Waals surface area contributed by atoms with Gasteiger partial charge in [-0.25, -0.2) is 4.98 Å². The van der Waals surface area contributed by atoms with Crippen LogP contribution in [-0.2, 0) is 11.3 Å². The highest BCUT2D eigenvalue weighted by atomic mass is 16.2. The summed E-state index contributed by atoms with van der Waals surface area (Å²) in [6.45, 7) is 8.25. The van der Waals surface area contributed by atoms with Gasteiger partial charge in [-0.3, -0.25) is 19.1 Å². The van der Waals surface area contributed by atoms with Crippen LogP contribution < -0.4 is 10.9 Å². The molecule has 0 unspecified atom stereocenters. The van der Waals surface area contributed by atoms with E-state index in [9.17, 15) is 9.59 Å². The first-order valence-corrected chi connectivity index (χ1v) is 12.5. The fourth-order valence-electron chi connectivity index (χ4n) is 4.52. The van der Waals surface area contributed by atoms with Crippen molar-refractivity contribution in [2.24, 2.45) is 11.8 Å². The van der Waals surface area contributed by atoms with Crippen molar-refractivity contribution in [2.45, 2.75) is 52.6 Å². The van der Waals surface area contributed by atoms with Gasteiger partial charge in [-0.2, -0.15) is 4.98 Å². The Balaban J connectivity index is 1.28. The zero-order valence-corrected chi connectivity index (χ0v) is 20.6. The second-order valence-electron chi connectivity index (χ2n) is 10.0. The van der Waals surface area contributed by atoms with Gasteiger partial charge in [0.25, 0.3) is 5.56 Å². The fourth-order valence-corrected chi connectivity index (χ4v) is 4.52. The van der Waals surface area contributed by atoms with Gasteiger partial charge in [0.1, 0.15) is 5.65 Å². The molecule has 3 aromatic rings. The van der Waals surface area contributed by atoms with Crippen LogP contribution in [0.15, 0.2) is 47.5 Å². The van der Waals surface area contributed by atoms with E-state index in [1.807, 2.05) is 24.1 Å². The van der Waals surface area contributed by atoms with E-state index in [1.165, 1.54) is 5.57 Å². The molecule has 1 fully saturated rings. The highest BCUT2D eigenvalue weighted by Gasteiger charge is 2.33. The number of pyridine rings is 2. The summed E-state index contributed by atoms with van der Waals surface area (Å²) in [6, 6.07) is 7.34. The van der Waals surface area contributed by atoms with E-state index in [1.54, 1.807) is 22.9 Å². The number of carbonyl (C=O) groups excluding carboxylic acids is 1. The molecule has 1 aliphatic heterocycles. The fraction of sp³-hybridized carbons (Fsp3) is 0.444. The number of nitrogens with zero attached hydrogens (tertiary/aromatic N) is 5. The normalized spacial score (nSPS) is 16.9. The number of fused-ring (bicyclic) bond motifs is 1. The highest BCUT2D eigenvalue weighted by Crippen LogP contribution is 2.32. The molecule has 1 amide bonds. The summed E-state index contributed by atoms with van der Waals surface area (Å²) in [6.07, 6.45) is 8.76. The predicted molar refractivity (Wildman–Crippen MR) is 137 cm³/mol. The average Bonchev–Trinajstić information content (AvgIpc) is 3.71. The lowest BCUT2D eigenvalue weighted by Crippen LogP contribution is -2.35. The molecule has 1 saturated carbocycles. The molecule has 5 rings (SSSR count). The van der Waals surface area contributed by atoms with Crippen LogP contribution >= 0.6 is 0 Å². The molecule has 0 spiro atoms. The maximum absolute atomic E-state index is 12.4. The molecule has 182 valence electrons. The summed E-state index contributed by atoms with van der Waals surface area (Å²) < 4.78 is 1.71. The molecule has 0 aromatic carbocycles. The van der Waals surface area contributed by atoms with Gasteiger partial charge < -0.3 is 10.2 Å². The molecule has 1 aliphatic carbocycles. The molecule has 1 N–H and O–H groups in total. The van der Waals surface area contributed by atoms with Crippen LogP contribution in [0.2, 0.25) is 0 Å². The standard InChI is InChI=1S/C27H32N6O2/c1-17(2)16-33-24(34)9-7-22-15-29-27(31-25(22)33)30-18(3)23-8-6-21(14-28-23)19-10-12-32(13-11-19)26(35)20-4-5-20/h6-10,14-15,17-18,20H,4-5,11-13,16H2,1-3H3,(H,29,30,31)/t18-/m0/s1. The van der Waals surface area contributed by atoms with Crippen LogP contribution in [0.25, 0.3) is 16.6 Å². The number of hydrogen-bond acceptors (Lipinski definition) is 6. The monoisotopic (exact) mass is 472 g/mol. The lowest BCUT2D eigenvalue weighted by atomic mass is 10.00. The van der Waals surface area contributed by atoms with Gasteiger partial charge in [-0.15, -0.1) is 0 Å². The molecule has 1 atom stereocenters. The second-order valence-corrected chi connectivity index (χ2v) is 10.0. The quantitative estimate of drug-likeness (QED) is 0.558. The van der Waals surface area contributed by atoms with E-state index in [0.717, 1.165) is 42.5 Å². The first-order chi connectivity index (χ1) is 16.9. The van der Waals surface area contributed by atoms with E-state index in [4.69, 9.17) is 0 Å². The Morgan fingerprint density at radius 1 is 1.11 bits per heavy atom. The Morgan fingerprint density at radius 2 is 1.94 bits per heavy atom. The second kappa shape index (κ2) is 9.60. The van der Waals surface area contributed by atoms with Crippen LogP contribution in [0, 0.1) is 11.8 Å². The molecule has 0 radical (unpaired) electrons. The number of rotatable bonds is 7. The van der Waals surface area contributed by atoms with Crippen LogP contribution in [0.3, 0.4) is 0 Å². The van der Waals surface area contributed by atoms with Crippen molar-refractivity contribution in [3.8, 4) is 0 Å². The van der Waals surface area contributed by atoms with Gasteiger partial charge in [0, 0.05) is 49.4 Å². The molecular formula is C27H32N6O2. The van der Waals surface area contributed by atoms with E-state index < -0.39 is 0 Å². The van der Waals surface area contributed by atoms with Gasteiger partial charge in [0.2, 0.25) is 11.9 Å². The molecule has 2 aliphatic rings. The number of nitrogens with one attached hydrogen (secondary N) is 1. The topological polar surface area (TPSA) is 93.0 Å². The van der Waals surface area contributed by atoms with Gasteiger partial charge in [-0.1, -0.05) is 26.0 Å². The van der Waals surface area contributed by atoms with Gasteiger partial charge in [0.05, 0.1) is 11.7 Å². The van der Waals surface area contributed by atoms with E-state index in [0.29, 0.717) is 36.5 Å². The van der Waals surface area contributed by atoms with Gasteiger partial charge in [-0.05, 0) is 55.4 Å². The van der Waals surface area contributed by atoms with Crippen molar-refractivity contribution in [2.75, 3.05) is 18.4 Å². The summed E-state index contributed by atoms with van der Waals surface area (Å²) in [7, 11) is 0. The molecule has 8 heteroatoms.